The Labute approximate surface area is 61.6 Å². The Bertz CT molecular complexity index is 181. The second kappa shape index (κ2) is 2.43. The monoisotopic (exact) mass is 189 g/mol. The van der Waals surface area contributed by atoms with Crippen LogP contribution in [0.1, 0.15) is 6.42 Å². The molecule has 3 heteroatoms. The lowest BCUT2D eigenvalue weighted by Gasteiger charge is -2.07. The molecule has 0 unspecified atom stereocenters. The van der Waals surface area contributed by atoms with Gasteiger partial charge in [-0.1, -0.05) is 0 Å². The second-order valence-corrected chi connectivity index (χ2v) is 2.52. The Hall–Kier alpha value is -0.440. The van der Waals surface area contributed by atoms with Gasteiger partial charge >= 0.3 is 0 Å². The summed E-state index contributed by atoms with van der Waals surface area (Å²) in [4.78, 5) is 0. The van der Waals surface area contributed by atoms with E-state index in [1.165, 1.54) is 0 Å². The van der Waals surface area contributed by atoms with Crippen molar-refractivity contribution in [3.63, 3.8) is 0 Å². The first-order valence-corrected chi connectivity index (χ1v) is 3.32. The van der Waals surface area contributed by atoms with Gasteiger partial charge < -0.3 is 10.2 Å². The summed E-state index contributed by atoms with van der Waals surface area (Å²) in [6, 6.07) is 0. The molecular weight excluding hydrogens is 184 g/mol. The van der Waals surface area contributed by atoms with Gasteiger partial charge in [0.15, 0.2) is 0 Å². The van der Waals surface area contributed by atoms with Gasteiger partial charge in [0.1, 0.15) is 11.5 Å². The van der Waals surface area contributed by atoms with Crippen molar-refractivity contribution in [3.8, 4) is 0 Å². The predicted molar refractivity (Wildman–Crippen MR) is 38.2 cm³/mol. The summed E-state index contributed by atoms with van der Waals surface area (Å²) in [5, 5.41) is 17.8. The van der Waals surface area contributed by atoms with Crippen molar-refractivity contribution in [3.05, 3.63) is 28.5 Å². The molecule has 0 atom stereocenters. The number of rotatable bonds is 0. The molecule has 2 nitrogen and oxygen atoms in total. The standard InChI is InChI=1S/C6H6BrO2/c7-6-4(8)2-1-3-5(6)9/h2-3,8-9H,1H2. The van der Waals surface area contributed by atoms with E-state index in [1.54, 1.807) is 12.5 Å². The zero-order valence-electron chi connectivity index (χ0n) is 4.63. The van der Waals surface area contributed by atoms with Crippen LogP contribution in [-0.2, 0) is 0 Å². The fourth-order valence-electron chi connectivity index (χ4n) is 0.593. The molecule has 0 heterocycles. The quantitative estimate of drug-likeness (QED) is 0.614. The van der Waals surface area contributed by atoms with Gasteiger partial charge in [-0.15, -0.1) is 0 Å². The Morgan fingerprint density at radius 3 is 2.56 bits per heavy atom. The highest BCUT2D eigenvalue weighted by molar-refractivity contribution is 9.12. The molecule has 1 rings (SSSR count). The lowest BCUT2D eigenvalue weighted by Crippen LogP contribution is -1.95. The van der Waals surface area contributed by atoms with Crippen LogP contribution in [0, 0.1) is 6.42 Å². The zero-order chi connectivity index (χ0) is 6.85. The number of allylic oxidation sites excluding steroid dienone is 3. The van der Waals surface area contributed by atoms with Crippen LogP contribution in [0.15, 0.2) is 22.1 Å². The highest BCUT2D eigenvalue weighted by Gasteiger charge is 2.10. The minimum Gasteiger partial charge on any atom is -0.511 e. The fourth-order valence-corrected chi connectivity index (χ4v) is 0.916. The molecule has 0 spiro atoms. The van der Waals surface area contributed by atoms with Crippen LogP contribution in [0.5, 0.6) is 0 Å². The molecule has 1 aliphatic rings. The van der Waals surface area contributed by atoms with E-state index in [4.69, 9.17) is 10.2 Å². The van der Waals surface area contributed by atoms with Gasteiger partial charge in [-0.25, -0.2) is 0 Å². The predicted octanol–water partition coefficient (Wildman–Crippen LogP) is 2.20. The first kappa shape index (κ1) is 6.68. The van der Waals surface area contributed by atoms with E-state index in [0.717, 1.165) is 0 Å². The second-order valence-electron chi connectivity index (χ2n) is 1.73. The summed E-state index contributed by atoms with van der Waals surface area (Å²) in [7, 11) is 0. The van der Waals surface area contributed by atoms with Crippen LogP contribution in [0.3, 0.4) is 0 Å². The molecule has 1 aliphatic carbocycles. The topological polar surface area (TPSA) is 40.5 Å². The lowest BCUT2D eigenvalue weighted by atomic mass is 10.1. The van der Waals surface area contributed by atoms with Gasteiger partial charge in [0.25, 0.3) is 0 Å². The van der Waals surface area contributed by atoms with Gasteiger partial charge in [0.05, 0.1) is 4.48 Å². The molecule has 0 aromatic carbocycles. The highest BCUT2D eigenvalue weighted by atomic mass is 79.9. The summed E-state index contributed by atoms with van der Waals surface area (Å²) in [5.41, 5.74) is 0. The Kier molecular flexibility index (Phi) is 1.81. The fraction of sp³-hybridized carbons (Fsp3) is 0.167. The number of hydrogen-bond acceptors (Lipinski definition) is 2. The molecule has 0 fully saturated rings. The maximum atomic E-state index is 8.92. The van der Waals surface area contributed by atoms with Crippen LogP contribution in [0.4, 0.5) is 0 Å². The molecular formula is C6H6BrO2. The van der Waals surface area contributed by atoms with Crippen molar-refractivity contribution in [2.24, 2.45) is 0 Å². The first-order valence-electron chi connectivity index (χ1n) is 2.53. The molecule has 0 aromatic heterocycles. The van der Waals surface area contributed by atoms with E-state index in [1.807, 2.05) is 0 Å². The third kappa shape index (κ3) is 1.27. The van der Waals surface area contributed by atoms with Crippen molar-refractivity contribution in [2.75, 3.05) is 0 Å². The minimum atomic E-state index is 0.106. The van der Waals surface area contributed by atoms with E-state index < -0.39 is 0 Å². The van der Waals surface area contributed by atoms with Crippen LogP contribution < -0.4 is 0 Å². The molecule has 0 amide bonds. The summed E-state index contributed by atoms with van der Waals surface area (Å²) < 4.78 is 0.369. The molecule has 9 heavy (non-hydrogen) atoms. The molecule has 0 bridgehead atoms. The normalized spacial score (nSPS) is 19.9. The summed E-state index contributed by atoms with van der Waals surface area (Å²) >= 11 is 3.00. The van der Waals surface area contributed by atoms with Gasteiger partial charge in [0.2, 0.25) is 0 Å². The smallest absolute Gasteiger partial charge is 0.129 e. The van der Waals surface area contributed by atoms with E-state index in [9.17, 15) is 0 Å². The van der Waals surface area contributed by atoms with Crippen LogP contribution >= 0.6 is 15.9 Å². The molecule has 0 aromatic rings. The third-order valence-electron chi connectivity index (χ3n) is 1.07. The molecule has 0 saturated heterocycles. The van der Waals surface area contributed by atoms with Crippen molar-refractivity contribution in [1.29, 1.82) is 0 Å². The maximum absolute atomic E-state index is 8.92. The molecule has 1 radical (unpaired) electrons. The number of hydrogen-bond donors (Lipinski definition) is 2. The number of aliphatic hydroxyl groups is 2. The van der Waals surface area contributed by atoms with Crippen molar-refractivity contribution >= 4 is 15.9 Å². The van der Waals surface area contributed by atoms with Gasteiger partial charge in [-0.2, -0.15) is 0 Å². The van der Waals surface area contributed by atoms with E-state index >= 15 is 0 Å². The van der Waals surface area contributed by atoms with Crippen LogP contribution in [-0.4, -0.2) is 10.2 Å². The largest absolute Gasteiger partial charge is 0.511 e. The van der Waals surface area contributed by atoms with Crippen LogP contribution in [0.2, 0.25) is 0 Å². The Morgan fingerprint density at radius 1 is 1.44 bits per heavy atom. The molecule has 0 saturated carbocycles. The van der Waals surface area contributed by atoms with Crippen molar-refractivity contribution in [2.45, 2.75) is 6.42 Å². The Balaban J connectivity index is 2.88. The SMILES string of the molecule is OC1=CC[CH]C(O)=C1Br. The average molecular weight is 190 g/mol. The van der Waals surface area contributed by atoms with Gasteiger partial charge in [-0.05, 0) is 28.4 Å². The van der Waals surface area contributed by atoms with E-state index in [2.05, 4.69) is 15.9 Å². The zero-order valence-corrected chi connectivity index (χ0v) is 6.22. The molecule has 0 aliphatic heterocycles. The van der Waals surface area contributed by atoms with Gasteiger partial charge in [-0.3, -0.25) is 0 Å². The minimum absolute atomic E-state index is 0.106. The highest BCUT2D eigenvalue weighted by Crippen LogP contribution is 2.25. The third-order valence-corrected chi connectivity index (χ3v) is 1.88. The van der Waals surface area contributed by atoms with Crippen molar-refractivity contribution in [1.82, 2.24) is 0 Å². The summed E-state index contributed by atoms with van der Waals surface area (Å²) in [6.07, 6.45) is 3.82. The van der Waals surface area contributed by atoms with E-state index in [0.29, 0.717) is 10.9 Å². The molecule has 2 N–H and O–H groups in total. The maximum Gasteiger partial charge on any atom is 0.129 e. The van der Waals surface area contributed by atoms with Crippen molar-refractivity contribution < 1.29 is 10.2 Å². The Morgan fingerprint density at radius 2 is 2.11 bits per heavy atom. The lowest BCUT2D eigenvalue weighted by molar-refractivity contribution is 0.385. The van der Waals surface area contributed by atoms with E-state index in [-0.39, 0.29) is 11.5 Å². The number of aliphatic hydroxyl groups excluding tert-OH is 2. The molecule has 49 valence electrons. The van der Waals surface area contributed by atoms with Gasteiger partial charge in [0, 0.05) is 6.42 Å². The first-order chi connectivity index (χ1) is 4.22. The summed E-state index contributed by atoms with van der Waals surface area (Å²) in [6.45, 7) is 0. The average Bonchev–Trinajstić information content (AvgIpc) is 1.83. The number of halogens is 1. The van der Waals surface area contributed by atoms with Crippen LogP contribution in [0.25, 0.3) is 0 Å². The summed E-state index contributed by atoms with van der Waals surface area (Å²) in [5.74, 6) is 0.213.